The summed E-state index contributed by atoms with van der Waals surface area (Å²) in [7, 11) is 1.58. The van der Waals surface area contributed by atoms with Crippen molar-refractivity contribution < 1.29 is 13.5 Å². The molecule has 0 radical (unpaired) electrons. The molecular weight excluding hydrogens is 252 g/mol. The molecule has 0 amide bonds. The van der Waals surface area contributed by atoms with Crippen molar-refractivity contribution in [1.29, 1.82) is 0 Å². The van der Waals surface area contributed by atoms with Gasteiger partial charge in [-0.25, -0.2) is 13.8 Å². The van der Waals surface area contributed by atoms with E-state index in [2.05, 4.69) is 10.3 Å². The van der Waals surface area contributed by atoms with E-state index < -0.39 is 11.6 Å². The fourth-order valence-corrected chi connectivity index (χ4v) is 1.75. The van der Waals surface area contributed by atoms with Crippen molar-refractivity contribution in [3.8, 4) is 0 Å². The van der Waals surface area contributed by atoms with Gasteiger partial charge in [0.05, 0.1) is 6.61 Å². The molecule has 0 bridgehead atoms. The van der Waals surface area contributed by atoms with E-state index >= 15 is 0 Å². The van der Waals surface area contributed by atoms with Crippen molar-refractivity contribution in [3.05, 3.63) is 17.7 Å². The first kappa shape index (κ1) is 15.6. The minimum atomic E-state index is -0.682. The van der Waals surface area contributed by atoms with Crippen LogP contribution >= 0.6 is 0 Å². The molecule has 1 rings (SSSR count). The van der Waals surface area contributed by atoms with Crippen molar-refractivity contribution >= 4 is 11.6 Å². The molecule has 0 unspecified atom stereocenters. The van der Waals surface area contributed by atoms with Gasteiger partial charge in [0.1, 0.15) is 0 Å². The second-order valence-corrected chi connectivity index (χ2v) is 4.43. The average molecular weight is 273 g/mol. The Hall–Kier alpha value is -1.43. The Balaban J connectivity index is 3.10. The monoisotopic (exact) mass is 273 g/mol. The van der Waals surface area contributed by atoms with Crippen LogP contribution in [0.4, 0.5) is 20.4 Å². The average Bonchev–Trinajstić information content (AvgIpc) is 2.34. The van der Waals surface area contributed by atoms with Gasteiger partial charge in [-0.05, 0) is 20.8 Å². The van der Waals surface area contributed by atoms with Crippen molar-refractivity contribution in [2.45, 2.75) is 26.8 Å². The molecule has 0 saturated carbocycles. The lowest BCUT2D eigenvalue weighted by Gasteiger charge is -2.28. The molecule has 0 saturated heterocycles. The van der Waals surface area contributed by atoms with E-state index in [-0.39, 0.29) is 17.7 Å². The highest BCUT2D eigenvalue weighted by Crippen LogP contribution is 2.23. The highest BCUT2D eigenvalue weighted by atomic mass is 19.1. The predicted octanol–water partition coefficient (Wildman–Crippen LogP) is 2.65. The molecule has 1 aromatic rings. The fraction of sp³-hybridized carbons (Fsp3) is 0.615. The van der Waals surface area contributed by atoms with Crippen LogP contribution in [0.5, 0.6) is 0 Å². The summed E-state index contributed by atoms with van der Waals surface area (Å²) in [6.45, 7) is 7.15. The normalized spacial score (nSPS) is 10.9. The number of nitrogens with one attached hydrogen (secondary N) is 1. The van der Waals surface area contributed by atoms with Crippen molar-refractivity contribution in [2.75, 3.05) is 37.0 Å². The first-order valence-electron chi connectivity index (χ1n) is 6.36. The van der Waals surface area contributed by atoms with Crippen molar-refractivity contribution in [3.63, 3.8) is 0 Å². The number of rotatable bonds is 7. The summed E-state index contributed by atoms with van der Waals surface area (Å²) >= 11 is 0. The van der Waals surface area contributed by atoms with E-state index in [9.17, 15) is 8.78 Å². The summed E-state index contributed by atoms with van der Waals surface area (Å²) in [5.74, 6) is -1.13. The highest BCUT2D eigenvalue weighted by molar-refractivity contribution is 5.49. The largest absolute Gasteiger partial charge is 0.383 e. The van der Waals surface area contributed by atoms with Crippen LogP contribution in [-0.2, 0) is 4.74 Å². The molecule has 108 valence electrons. The summed E-state index contributed by atoms with van der Waals surface area (Å²) in [5, 5.41) is 2.78. The van der Waals surface area contributed by atoms with Gasteiger partial charge >= 0.3 is 0 Å². The minimum absolute atomic E-state index is 0.0390. The lowest BCUT2D eigenvalue weighted by molar-refractivity contribution is 0.203. The van der Waals surface area contributed by atoms with Crippen LogP contribution in [0.3, 0.4) is 0 Å². The Morgan fingerprint density at radius 2 is 2.05 bits per heavy atom. The zero-order chi connectivity index (χ0) is 14.4. The van der Waals surface area contributed by atoms with E-state index in [4.69, 9.17) is 4.74 Å². The fourth-order valence-electron chi connectivity index (χ4n) is 1.75. The Morgan fingerprint density at radius 3 is 2.58 bits per heavy atom. The number of methoxy groups -OCH3 is 1. The molecule has 1 heterocycles. The number of hydrogen-bond acceptors (Lipinski definition) is 4. The van der Waals surface area contributed by atoms with Crippen molar-refractivity contribution in [1.82, 2.24) is 4.98 Å². The van der Waals surface area contributed by atoms with Crippen LogP contribution in [0, 0.1) is 11.6 Å². The number of halogens is 2. The molecule has 0 aliphatic heterocycles. The van der Waals surface area contributed by atoms with Gasteiger partial charge in [0.2, 0.25) is 0 Å². The number of anilines is 2. The molecule has 0 aliphatic rings. The van der Waals surface area contributed by atoms with Crippen LogP contribution in [0.1, 0.15) is 20.8 Å². The zero-order valence-corrected chi connectivity index (χ0v) is 11.8. The standard InChI is InChI=1S/C13H21F2N3O/c1-5-16-12-10(14)8-11(15)13(17-12)18(9(2)3)6-7-19-4/h8-9H,5-7H2,1-4H3,(H,16,17). The van der Waals surface area contributed by atoms with Crippen LogP contribution < -0.4 is 10.2 Å². The maximum absolute atomic E-state index is 13.9. The van der Waals surface area contributed by atoms with Gasteiger partial charge < -0.3 is 15.0 Å². The van der Waals surface area contributed by atoms with Gasteiger partial charge in [-0.2, -0.15) is 0 Å². The van der Waals surface area contributed by atoms with Gasteiger partial charge in [-0.1, -0.05) is 0 Å². The minimum Gasteiger partial charge on any atom is -0.383 e. The van der Waals surface area contributed by atoms with E-state index in [0.717, 1.165) is 6.07 Å². The van der Waals surface area contributed by atoms with Gasteiger partial charge in [-0.15, -0.1) is 0 Å². The van der Waals surface area contributed by atoms with Crippen LogP contribution in [0.15, 0.2) is 6.07 Å². The summed E-state index contributed by atoms with van der Waals surface area (Å²) < 4.78 is 32.4. The summed E-state index contributed by atoms with van der Waals surface area (Å²) in [4.78, 5) is 5.79. The molecule has 0 atom stereocenters. The molecular formula is C13H21F2N3O. The van der Waals surface area contributed by atoms with Gasteiger partial charge in [0, 0.05) is 32.3 Å². The SMILES string of the molecule is CCNc1nc(N(CCOC)C(C)C)c(F)cc1F. The van der Waals surface area contributed by atoms with Gasteiger partial charge in [0.15, 0.2) is 23.3 Å². The summed E-state index contributed by atoms with van der Waals surface area (Å²) in [6.07, 6.45) is 0. The molecule has 0 aliphatic carbocycles. The molecule has 1 aromatic heterocycles. The highest BCUT2D eigenvalue weighted by Gasteiger charge is 2.19. The second-order valence-electron chi connectivity index (χ2n) is 4.43. The number of hydrogen-bond donors (Lipinski definition) is 1. The first-order valence-corrected chi connectivity index (χ1v) is 6.36. The Morgan fingerprint density at radius 1 is 1.37 bits per heavy atom. The molecule has 19 heavy (non-hydrogen) atoms. The molecule has 1 N–H and O–H groups in total. The maximum Gasteiger partial charge on any atom is 0.168 e. The van der Waals surface area contributed by atoms with E-state index in [1.54, 1.807) is 12.0 Å². The van der Waals surface area contributed by atoms with Crippen LogP contribution in [0.2, 0.25) is 0 Å². The van der Waals surface area contributed by atoms with E-state index in [0.29, 0.717) is 19.7 Å². The van der Waals surface area contributed by atoms with Crippen LogP contribution in [0.25, 0.3) is 0 Å². The Bertz CT molecular complexity index is 413. The molecule has 0 fully saturated rings. The number of pyridine rings is 1. The summed E-state index contributed by atoms with van der Waals surface area (Å²) in [6, 6.07) is 0.903. The van der Waals surface area contributed by atoms with E-state index in [1.807, 2.05) is 20.8 Å². The van der Waals surface area contributed by atoms with Gasteiger partial charge in [-0.3, -0.25) is 0 Å². The smallest absolute Gasteiger partial charge is 0.168 e. The van der Waals surface area contributed by atoms with Crippen molar-refractivity contribution in [2.24, 2.45) is 0 Å². The number of ether oxygens (including phenoxy) is 1. The molecule has 6 heteroatoms. The first-order chi connectivity index (χ1) is 9.01. The van der Waals surface area contributed by atoms with Crippen LogP contribution in [-0.4, -0.2) is 37.8 Å². The zero-order valence-electron chi connectivity index (χ0n) is 11.8. The maximum atomic E-state index is 13.9. The van der Waals surface area contributed by atoms with Gasteiger partial charge in [0.25, 0.3) is 0 Å². The Kier molecular flexibility index (Phi) is 5.95. The molecule has 4 nitrogen and oxygen atoms in total. The molecule has 0 aromatic carbocycles. The lowest BCUT2D eigenvalue weighted by Crippen LogP contribution is -2.35. The number of aromatic nitrogens is 1. The topological polar surface area (TPSA) is 37.4 Å². The third-order valence-electron chi connectivity index (χ3n) is 2.69. The third-order valence-corrected chi connectivity index (χ3v) is 2.69. The molecule has 0 spiro atoms. The van der Waals surface area contributed by atoms with E-state index in [1.165, 1.54) is 0 Å². The Labute approximate surface area is 112 Å². The lowest BCUT2D eigenvalue weighted by atomic mass is 10.3. The summed E-state index contributed by atoms with van der Waals surface area (Å²) in [5.41, 5.74) is 0. The third kappa shape index (κ3) is 4.02. The quantitative estimate of drug-likeness (QED) is 0.828. The second kappa shape index (κ2) is 7.23. The number of nitrogens with zero attached hydrogens (tertiary/aromatic N) is 2. The predicted molar refractivity (Wildman–Crippen MR) is 72.7 cm³/mol.